The minimum Gasteiger partial charge on any atom is -0.497 e. The fraction of sp³-hybridized carbons (Fsp3) is 0.238. The molecule has 1 atom stereocenters. The zero-order chi connectivity index (χ0) is 18.1. The van der Waals surface area contributed by atoms with E-state index in [1.54, 1.807) is 7.11 Å². The average Bonchev–Trinajstić information content (AvgIpc) is 2.97. The smallest absolute Gasteiger partial charge is 0.139 e. The molecule has 0 bridgehead atoms. The molecule has 26 heavy (non-hydrogen) atoms. The minimum atomic E-state index is 0.367. The van der Waals surface area contributed by atoms with Crippen LogP contribution < -0.4 is 15.0 Å². The monoisotopic (exact) mass is 346 g/mol. The van der Waals surface area contributed by atoms with Gasteiger partial charge in [0.25, 0.3) is 0 Å². The lowest BCUT2D eigenvalue weighted by Gasteiger charge is -2.24. The van der Waals surface area contributed by atoms with Crippen molar-refractivity contribution in [3.05, 3.63) is 66.0 Å². The number of aromatic nitrogens is 2. The Morgan fingerprint density at radius 1 is 1.08 bits per heavy atom. The van der Waals surface area contributed by atoms with Gasteiger partial charge < -0.3 is 15.0 Å². The minimum absolute atomic E-state index is 0.367. The number of hydrogen-bond donors (Lipinski definition) is 1. The van der Waals surface area contributed by atoms with E-state index in [0.717, 1.165) is 35.3 Å². The maximum absolute atomic E-state index is 5.29. The summed E-state index contributed by atoms with van der Waals surface area (Å²) in [5.41, 5.74) is 3.52. The number of para-hydroxylation sites is 1. The van der Waals surface area contributed by atoms with E-state index in [1.807, 2.05) is 37.3 Å². The predicted molar refractivity (Wildman–Crippen MR) is 105 cm³/mol. The van der Waals surface area contributed by atoms with E-state index in [-0.39, 0.29) is 0 Å². The van der Waals surface area contributed by atoms with E-state index in [0.29, 0.717) is 6.04 Å². The molecule has 1 unspecified atom stereocenters. The quantitative estimate of drug-likeness (QED) is 0.747. The molecule has 0 fully saturated rings. The van der Waals surface area contributed by atoms with Gasteiger partial charge in [0.05, 0.1) is 7.11 Å². The van der Waals surface area contributed by atoms with Gasteiger partial charge in [-0.25, -0.2) is 9.97 Å². The van der Waals surface area contributed by atoms with E-state index in [2.05, 4.69) is 46.4 Å². The van der Waals surface area contributed by atoms with E-state index in [9.17, 15) is 0 Å². The summed E-state index contributed by atoms with van der Waals surface area (Å²) in [5, 5.41) is 3.36. The Hall–Kier alpha value is -3.08. The van der Waals surface area contributed by atoms with Gasteiger partial charge >= 0.3 is 0 Å². The lowest BCUT2D eigenvalue weighted by atomic mass is 10.1. The Balaban J connectivity index is 1.69. The van der Waals surface area contributed by atoms with Crippen molar-refractivity contribution in [3.63, 3.8) is 0 Å². The number of fused-ring (bicyclic) bond motifs is 1. The van der Waals surface area contributed by atoms with Gasteiger partial charge in [0, 0.05) is 29.5 Å². The Bertz CT molecular complexity index is 941. The summed E-state index contributed by atoms with van der Waals surface area (Å²) in [5.74, 6) is 3.24. The number of benzene rings is 2. The van der Waals surface area contributed by atoms with Gasteiger partial charge in [-0.15, -0.1) is 0 Å². The highest BCUT2D eigenvalue weighted by Gasteiger charge is 2.28. The van der Waals surface area contributed by atoms with Crippen LogP contribution in [0.4, 0.5) is 23.0 Å². The standard InChI is InChI=1S/C21H22N4O/c1-14-11-16-7-4-5-10-19(16)25(14)21-13-20(22-15(2)23-21)24-17-8-6-9-18(12-17)26-3/h4-10,12-14H,11H2,1-3H3,(H,22,23,24). The van der Waals surface area contributed by atoms with Crippen molar-refractivity contribution in [3.8, 4) is 5.75 Å². The number of methoxy groups -OCH3 is 1. The Morgan fingerprint density at radius 2 is 1.92 bits per heavy atom. The van der Waals surface area contributed by atoms with Crippen LogP contribution >= 0.6 is 0 Å². The SMILES string of the molecule is COc1cccc(Nc2cc(N3c4ccccc4CC3C)nc(C)n2)c1. The molecule has 0 aliphatic carbocycles. The first kappa shape index (κ1) is 16.4. The Kier molecular flexibility index (Phi) is 4.21. The molecule has 2 heterocycles. The van der Waals surface area contributed by atoms with E-state index >= 15 is 0 Å². The number of hydrogen-bond acceptors (Lipinski definition) is 5. The number of nitrogens with zero attached hydrogens (tertiary/aromatic N) is 3. The molecule has 5 heteroatoms. The number of anilines is 4. The largest absolute Gasteiger partial charge is 0.497 e. The van der Waals surface area contributed by atoms with Gasteiger partial charge in [-0.2, -0.15) is 0 Å². The fourth-order valence-electron chi connectivity index (χ4n) is 3.50. The molecule has 1 aliphatic rings. The lowest BCUT2D eigenvalue weighted by molar-refractivity contribution is 0.415. The van der Waals surface area contributed by atoms with Crippen molar-refractivity contribution < 1.29 is 4.74 Å². The van der Waals surface area contributed by atoms with E-state index in [4.69, 9.17) is 9.72 Å². The summed E-state index contributed by atoms with van der Waals surface area (Å²) in [6, 6.07) is 18.7. The molecule has 3 aromatic rings. The van der Waals surface area contributed by atoms with Gasteiger partial charge in [0.2, 0.25) is 0 Å². The molecule has 0 amide bonds. The molecule has 0 radical (unpaired) electrons. The van der Waals surface area contributed by atoms with E-state index < -0.39 is 0 Å². The van der Waals surface area contributed by atoms with Crippen LogP contribution in [0.3, 0.4) is 0 Å². The third-order valence-electron chi connectivity index (χ3n) is 4.62. The Morgan fingerprint density at radius 3 is 2.77 bits per heavy atom. The molecule has 4 rings (SSSR count). The van der Waals surface area contributed by atoms with Crippen LogP contribution in [0.15, 0.2) is 54.6 Å². The topological polar surface area (TPSA) is 50.3 Å². The van der Waals surface area contributed by atoms with Crippen molar-refractivity contribution in [1.82, 2.24) is 9.97 Å². The van der Waals surface area contributed by atoms with Gasteiger partial charge in [0.1, 0.15) is 23.2 Å². The van der Waals surface area contributed by atoms with Gasteiger partial charge in [-0.3, -0.25) is 0 Å². The molecule has 0 spiro atoms. The molecule has 0 saturated heterocycles. The van der Waals surface area contributed by atoms with Crippen LogP contribution in [-0.4, -0.2) is 23.1 Å². The first-order valence-electron chi connectivity index (χ1n) is 8.78. The second-order valence-electron chi connectivity index (χ2n) is 6.57. The molecule has 5 nitrogen and oxygen atoms in total. The van der Waals surface area contributed by atoms with Crippen LogP contribution in [0.25, 0.3) is 0 Å². The number of aryl methyl sites for hydroxylation is 1. The molecule has 1 N–H and O–H groups in total. The summed E-state index contributed by atoms with van der Waals surface area (Å²) in [6.45, 7) is 4.15. The third kappa shape index (κ3) is 3.08. The Labute approximate surface area is 153 Å². The predicted octanol–water partition coefficient (Wildman–Crippen LogP) is 4.62. The summed E-state index contributed by atoms with van der Waals surface area (Å²) >= 11 is 0. The van der Waals surface area contributed by atoms with E-state index in [1.165, 1.54) is 11.3 Å². The van der Waals surface area contributed by atoms with Crippen molar-refractivity contribution in [2.24, 2.45) is 0 Å². The van der Waals surface area contributed by atoms with Crippen LogP contribution in [0.1, 0.15) is 18.3 Å². The molecule has 132 valence electrons. The second kappa shape index (κ2) is 6.67. The van der Waals surface area contributed by atoms with Crippen LogP contribution in [-0.2, 0) is 6.42 Å². The van der Waals surface area contributed by atoms with Crippen molar-refractivity contribution in [1.29, 1.82) is 0 Å². The van der Waals surface area contributed by atoms with Crippen molar-refractivity contribution in [2.45, 2.75) is 26.3 Å². The average molecular weight is 346 g/mol. The van der Waals surface area contributed by atoms with Gasteiger partial charge in [-0.05, 0) is 44.0 Å². The van der Waals surface area contributed by atoms with Crippen LogP contribution in [0.5, 0.6) is 5.75 Å². The summed E-state index contributed by atoms with van der Waals surface area (Å²) in [7, 11) is 1.66. The second-order valence-corrected chi connectivity index (χ2v) is 6.57. The lowest BCUT2D eigenvalue weighted by Crippen LogP contribution is -2.25. The molecule has 2 aromatic carbocycles. The highest BCUT2D eigenvalue weighted by molar-refractivity contribution is 5.71. The van der Waals surface area contributed by atoms with Crippen molar-refractivity contribution >= 4 is 23.0 Å². The normalized spacial score (nSPS) is 15.7. The van der Waals surface area contributed by atoms with Crippen molar-refractivity contribution in [2.75, 3.05) is 17.3 Å². The molecule has 1 aromatic heterocycles. The van der Waals surface area contributed by atoms with Crippen LogP contribution in [0.2, 0.25) is 0 Å². The highest BCUT2D eigenvalue weighted by atomic mass is 16.5. The number of ether oxygens (including phenoxy) is 1. The molecular formula is C21H22N4O. The number of rotatable bonds is 4. The molecule has 0 saturated carbocycles. The highest BCUT2D eigenvalue weighted by Crippen LogP contribution is 2.38. The summed E-state index contributed by atoms with van der Waals surface area (Å²) in [4.78, 5) is 11.5. The third-order valence-corrected chi connectivity index (χ3v) is 4.62. The van der Waals surface area contributed by atoms with Gasteiger partial charge in [-0.1, -0.05) is 24.3 Å². The maximum Gasteiger partial charge on any atom is 0.139 e. The number of nitrogens with one attached hydrogen (secondary N) is 1. The first-order chi connectivity index (χ1) is 12.6. The first-order valence-corrected chi connectivity index (χ1v) is 8.78. The molecule has 1 aliphatic heterocycles. The van der Waals surface area contributed by atoms with Crippen LogP contribution in [0, 0.1) is 6.92 Å². The maximum atomic E-state index is 5.29. The van der Waals surface area contributed by atoms with Gasteiger partial charge in [0.15, 0.2) is 0 Å². The summed E-state index contributed by atoms with van der Waals surface area (Å²) in [6.07, 6.45) is 1.03. The zero-order valence-corrected chi connectivity index (χ0v) is 15.2. The summed E-state index contributed by atoms with van der Waals surface area (Å²) < 4.78 is 5.29. The molecular weight excluding hydrogens is 324 g/mol. The fourth-order valence-corrected chi connectivity index (χ4v) is 3.50. The zero-order valence-electron chi connectivity index (χ0n) is 15.2.